The molecule has 0 amide bonds. The van der Waals surface area contributed by atoms with E-state index >= 15 is 0 Å². The van der Waals surface area contributed by atoms with Crippen molar-refractivity contribution >= 4 is 11.9 Å². The van der Waals surface area contributed by atoms with Gasteiger partial charge in [0.05, 0.1) is 7.11 Å². The number of Topliss-reactive ketones (excluding diaryl/α,β-unsaturated/α-hetero) is 1. The summed E-state index contributed by atoms with van der Waals surface area (Å²) in [7, 11) is 1.55. The van der Waals surface area contributed by atoms with Crippen LogP contribution in [0.15, 0.2) is 48.0 Å². The van der Waals surface area contributed by atoms with Crippen molar-refractivity contribution in [3.8, 4) is 23.3 Å². The minimum atomic E-state index is -0.338. The third-order valence-corrected chi connectivity index (χ3v) is 3.59. The number of nitriles is 1. The summed E-state index contributed by atoms with van der Waals surface area (Å²) in [4.78, 5) is 12.5. The molecule has 0 radical (unpaired) electrons. The van der Waals surface area contributed by atoms with E-state index in [1.54, 1.807) is 55.7 Å². The average Bonchev–Trinajstić information content (AvgIpc) is 2.65. The first-order valence-electron chi connectivity index (χ1n) is 7.41. The highest BCUT2D eigenvalue weighted by Crippen LogP contribution is 2.31. The number of allylic oxidation sites excluding steroid dienone is 1. The molecule has 0 fully saturated rings. The first kappa shape index (κ1) is 15.6. The molecule has 3 rings (SSSR count). The number of ketones is 1. The van der Waals surface area contributed by atoms with Gasteiger partial charge in [-0.1, -0.05) is 6.07 Å². The van der Waals surface area contributed by atoms with E-state index in [2.05, 4.69) is 0 Å². The molecule has 1 heterocycles. The van der Waals surface area contributed by atoms with Crippen LogP contribution < -0.4 is 14.2 Å². The molecule has 1 aliphatic rings. The topological polar surface area (TPSA) is 68.6 Å². The first-order valence-corrected chi connectivity index (χ1v) is 7.41. The van der Waals surface area contributed by atoms with E-state index in [-0.39, 0.29) is 11.4 Å². The predicted molar refractivity (Wildman–Crippen MR) is 88.3 cm³/mol. The highest BCUT2D eigenvalue weighted by atomic mass is 16.6. The zero-order chi connectivity index (χ0) is 16.9. The fourth-order valence-corrected chi connectivity index (χ4v) is 2.36. The summed E-state index contributed by atoms with van der Waals surface area (Å²) in [5, 5.41) is 9.34. The number of hydrogen-bond acceptors (Lipinski definition) is 5. The molecule has 0 aromatic heterocycles. The van der Waals surface area contributed by atoms with Crippen molar-refractivity contribution < 1.29 is 19.0 Å². The van der Waals surface area contributed by atoms with Gasteiger partial charge in [-0.15, -0.1) is 0 Å². The van der Waals surface area contributed by atoms with Gasteiger partial charge < -0.3 is 14.2 Å². The zero-order valence-electron chi connectivity index (χ0n) is 13.1. The zero-order valence-corrected chi connectivity index (χ0v) is 13.1. The lowest BCUT2D eigenvalue weighted by molar-refractivity contribution is 0.104. The van der Waals surface area contributed by atoms with Gasteiger partial charge in [-0.25, -0.2) is 0 Å². The maximum atomic E-state index is 12.5. The number of fused-ring (bicyclic) bond motifs is 1. The second kappa shape index (κ2) is 6.88. The van der Waals surface area contributed by atoms with E-state index in [1.807, 2.05) is 6.07 Å². The molecule has 5 nitrogen and oxygen atoms in total. The molecular weight excluding hydrogens is 306 g/mol. The number of rotatable bonds is 4. The van der Waals surface area contributed by atoms with Crippen molar-refractivity contribution in [3.63, 3.8) is 0 Å². The van der Waals surface area contributed by atoms with Crippen LogP contribution >= 0.6 is 0 Å². The lowest BCUT2D eigenvalue weighted by atomic mass is 10.0. The van der Waals surface area contributed by atoms with E-state index < -0.39 is 0 Å². The fraction of sp³-hybridized carbons (Fsp3) is 0.158. The maximum absolute atomic E-state index is 12.5. The van der Waals surface area contributed by atoms with Crippen LogP contribution in [0.4, 0.5) is 0 Å². The maximum Gasteiger partial charge on any atom is 0.203 e. The summed E-state index contributed by atoms with van der Waals surface area (Å²) in [6, 6.07) is 13.9. The Morgan fingerprint density at radius 1 is 1.12 bits per heavy atom. The SMILES string of the molecule is COc1ccc(C(=O)/C(C#N)=C\c2ccc3c(c2)OCCO3)cc1. The van der Waals surface area contributed by atoms with Gasteiger partial charge in [0, 0.05) is 5.56 Å². The molecule has 0 aliphatic carbocycles. The second-order valence-electron chi connectivity index (χ2n) is 5.13. The summed E-state index contributed by atoms with van der Waals surface area (Å²) in [6.45, 7) is 0.998. The molecule has 0 saturated carbocycles. The van der Waals surface area contributed by atoms with Gasteiger partial charge in [0.1, 0.15) is 30.6 Å². The van der Waals surface area contributed by atoms with E-state index in [9.17, 15) is 10.1 Å². The van der Waals surface area contributed by atoms with Gasteiger partial charge in [-0.3, -0.25) is 4.79 Å². The van der Waals surface area contributed by atoms with Gasteiger partial charge in [0.15, 0.2) is 11.5 Å². The van der Waals surface area contributed by atoms with E-state index in [4.69, 9.17) is 14.2 Å². The molecule has 2 aromatic rings. The van der Waals surface area contributed by atoms with Crippen LogP contribution in [-0.2, 0) is 0 Å². The Morgan fingerprint density at radius 2 is 1.83 bits per heavy atom. The van der Waals surface area contributed by atoms with Crippen LogP contribution in [0.2, 0.25) is 0 Å². The largest absolute Gasteiger partial charge is 0.497 e. The highest BCUT2D eigenvalue weighted by molar-refractivity contribution is 6.14. The third-order valence-electron chi connectivity index (χ3n) is 3.59. The molecule has 0 bridgehead atoms. The fourth-order valence-electron chi connectivity index (χ4n) is 2.36. The molecule has 0 N–H and O–H groups in total. The molecular formula is C19H15NO4. The Morgan fingerprint density at radius 3 is 2.50 bits per heavy atom. The van der Waals surface area contributed by atoms with E-state index in [1.165, 1.54) is 0 Å². The van der Waals surface area contributed by atoms with Gasteiger partial charge in [-0.2, -0.15) is 5.26 Å². The van der Waals surface area contributed by atoms with E-state index in [0.717, 1.165) is 0 Å². The molecule has 2 aromatic carbocycles. The van der Waals surface area contributed by atoms with Crippen LogP contribution in [0.3, 0.4) is 0 Å². The summed E-state index contributed by atoms with van der Waals surface area (Å²) in [6.07, 6.45) is 1.55. The van der Waals surface area contributed by atoms with Gasteiger partial charge in [0.25, 0.3) is 0 Å². The Labute approximate surface area is 139 Å². The predicted octanol–water partition coefficient (Wildman–Crippen LogP) is 3.26. The summed E-state index contributed by atoms with van der Waals surface area (Å²) in [5.41, 5.74) is 1.19. The molecule has 5 heteroatoms. The van der Waals surface area contributed by atoms with Crippen LogP contribution in [0.25, 0.3) is 6.08 Å². The number of hydrogen-bond donors (Lipinski definition) is 0. The lowest BCUT2D eigenvalue weighted by Gasteiger charge is -2.18. The first-order chi connectivity index (χ1) is 11.7. The summed E-state index contributed by atoms with van der Waals surface area (Å²) >= 11 is 0. The monoisotopic (exact) mass is 321 g/mol. The number of methoxy groups -OCH3 is 1. The summed E-state index contributed by atoms with van der Waals surface area (Å²) < 4.78 is 16.0. The van der Waals surface area contributed by atoms with Crippen molar-refractivity contribution in [3.05, 3.63) is 59.2 Å². The van der Waals surface area contributed by atoms with Crippen LogP contribution in [-0.4, -0.2) is 26.1 Å². The normalized spacial score (nSPS) is 13.1. The lowest BCUT2D eigenvalue weighted by Crippen LogP contribution is -2.15. The molecule has 0 spiro atoms. The van der Waals surface area contributed by atoms with Crippen molar-refractivity contribution in [2.24, 2.45) is 0 Å². The molecule has 0 atom stereocenters. The van der Waals surface area contributed by atoms with Crippen LogP contribution in [0.1, 0.15) is 15.9 Å². The van der Waals surface area contributed by atoms with Gasteiger partial charge in [0.2, 0.25) is 5.78 Å². The number of benzene rings is 2. The molecule has 24 heavy (non-hydrogen) atoms. The van der Waals surface area contributed by atoms with Crippen LogP contribution in [0, 0.1) is 11.3 Å². The average molecular weight is 321 g/mol. The number of nitrogens with zero attached hydrogens (tertiary/aromatic N) is 1. The van der Waals surface area contributed by atoms with Gasteiger partial charge in [-0.05, 0) is 48.0 Å². The molecule has 0 unspecified atom stereocenters. The Balaban J connectivity index is 1.88. The minimum absolute atomic E-state index is 0.0526. The molecule has 1 aliphatic heterocycles. The molecule has 0 saturated heterocycles. The Kier molecular flexibility index (Phi) is 4.48. The number of ether oxygens (including phenoxy) is 3. The quantitative estimate of drug-likeness (QED) is 0.491. The minimum Gasteiger partial charge on any atom is -0.497 e. The van der Waals surface area contributed by atoms with Crippen LogP contribution in [0.5, 0.6) is 17.2 Å². The Bertz CT molecular complexity index is 831. The molecule has 120 valence electrons. The van der Waals surface area contributed by atoms with E-state index in [0.29, 0.717) is 41.6 Å². The highest BCUT2D eigenvalue weighted by Gasteiger charge is 2.14. The van der Waals surface area contributed by atoms with Crippen molar-refractivity contribution in [2.75, 3.05) is 20.3 Å². The number of carbonyl (C=O) groups is 1. The van der Waals surface area contributed by atoms with Crippen molar-refractivity contribution in [1.82, 2.24) is 0 Å². The van der Waals surface area contributed by atoms with Crippen molar-refractivity contribution in [2.45, 2.75) is 0 Å². The number of carbonyl (C=O) groups excluding carboxylic acids is 1. The smallest absolute Gasteiger partial charge is 0.203 e. The van der Waals surface area contributed by atoms with Gasteiger partial charge >= 0.3 is 0 Å². The standard InChI is InChI=1S/C19H15NO4/c1-22-16-5-3-14(4-6-16)19(21)15(12-20)10-13-2-7-17-18(11-13)24-9-8-23-17/h2-7,10-11H,8-9H2,1H3/b15-10-. The third kappa shape index (κ3) is 3.23. The summed E-state index contributed by atoms with van der Waals surface area (Å²) in [5.74, 6) is 1.60. The Hall–Kier alpha value is -3.26. The van der Waals surface area contributed by atoms with Crippen molar-refractivity contribution in [1.29, 1.82) is 5.26 Å². The second-order valence-corrected chi connectivity index (χ2v) is 5.13.